The lowest BCUT2D eigenvalue weighted by molar-refractivity contribution is -0.113. The van der Waals surface area contributed by atoms with Crippen LogP contribution in [0.1, 0.15) is 39.2 Å². The Morgan fingerprint density at radius 1 is 1.14 bits per heavy atom. The highest BCUT2D eigenvalue weighted by atomic mass is 35.5. The van der Waals surface area contributed by atoms with Crippen LogP contribution < -0.4 is 20.7 Å². The summed E-state index contributed by atoms with van der Waals surface area (Å²) in [5.41, 5.74) is 2.88. The van der Waals surface area contributed by atoms with Crippen molar-refractivity contribution in [1.29, 1.82) is 5.26 Å². The van der Waals surface area contributed by atoms with Crippen molar-refractivity contribution < 1.29 is 9.53 Å². The predicted molar refractivity (Wildman–Crippen MR) is 147 cm³/mol. The van der Waals surface area contributed by atoms with Crippen LogP contribution in [-0.2, 0) is 4.79 Å². The normalized spacial score (nSPS) is 14.9. The van der Waals surface area contributed by atoms with E-state index in [0.29, 0.717) is 33.3 Å². The van der Waals surface area contributed by atoms with Gasteiger partial charge in [-0.1, -0.05) is 62.7 Å². The van der Waals surface area contributed by atoms with E-state index in [-0.39, 0.29) is 5.91 Å². The number of ether oxygens (including phenoxy) is 1. The topological polar surface area (TPSA) is 86.2 Å². The zero-order chi connectivity index (χ0) is 25.8. The molecule has 0 saturated carbocycles. The quantitative estimate of drug-likeness (QED) is 0.399. The summed E-state index contributed by atoms with van der Waals surface area (Å²) in [6, 6.07) is 16.8. The maximum Gasteiger partial charge on any atom is 0.254 e. The Balaban J connectivity index is 0.000000784. The van der Waals surface area contributed by atoms with E-state index in [0.717, 1.165) is 29.4 Å². The molecule has 3 rings (SSSR count). The van der Waals surface area contributed by atoms with Crippen LogP contribution in [0.3, 0.4) is 0 Å². The number of methoxy groups -OCH3 is 1. The van der Waals surface area contributed by atoms with Crippen molar-refractivity contribution >= 4 is 35.0 Å². The fourth-order valence-electron chi connectivity index (χ4n) is 3.68. The molecule has 0 fully saturated rings. The van der Waals surface area contributed by atoms with Gasteiger partial charge >= 0.3 is 0 Å². The number of para-hydroxylation sites is 2. The molecule has 1 unspecified atom stereocenters. The first kappa shape index (κ1) is 28.3. The van der Waals surface area contributed by atoms with Gasteiger partial charge in [-0.25, -0.2) is 0 Å². The Hall–Kier alpha value is -2.92. The Kier molecular flexibility index (Phi) is 11.7. The minimum absolute atomic E-state index is 0.317. The number of nitrogens with zero attached hydrogens (tertiary/aromatic N) is 1. The van der Waals surface area contributed by atoms with Crippen LogP contribution in [0.2, 0.25) is 5.02 Å². The number of amides is 1. The number of rotatable bonds is 8. The zero-order valence-electron chi connectivity index (χ0n) is 20.9. The molecule has 0 saturated heterocycles. The van der Waals surface area contributed by atoms with Gasteiger partial charge in [0.1, 0.15) is 5.75 Å². The van der Waals surface area contributed by atoms with E-state index in [1.165, 1.54) is 11.8 Å². The molecule has 0 bridgehead atoms. The van der Waals surface area contributed by atoms with Crippen molar-refractivity contribution in [3.63, 3.8) is 0 Å². The largest absolute Gasteiger partial charge is 0.495 e. The lowest BCUT2D eigenvalue weighted by Gasteiger charge is -2.30. The van der Waals surface area contributed by atoms with Crippen LogP contribution in [0.25, 0.3) is 0 Å². The van der Waals surface area contributed by atoms with Crippen LogP contribution in [0.5, 0.6) is 5.75 Å². The van der Waals surface area contributed by atoms with Crippen LogP contribution in [-0.4, -0.2) is 31.9 Å². The number of nitriles is 1. The van der Waals surface area contributed by atoms with Gasteiger partial charge in [-0.2, -0.15) is 5.26 Å². The first-order valence-corrected chi connectivity index (χ1v) is 12.9. The van der Waals surface area contributed by atoms with Crippen molar-refractivity contribution in [1.82, 2.24) is 10.6 Å². The molecule has 2 aromatic rings. The highest BCUT2D eigenvalue weighted by molar-refractivity contribution is 8.03. The Morgan fingerprint density at radius 2 is 1.80 bits per heavy atom. The van der Waals surface area contributed by atoms with E-state index in [4.69, 9.17) is 16.3 Å². The second kappa shape index (κ2) is 14.5. The third-order valence-electron chi connectivity index (χ3n) is 5.25. The minimum Gasteiger partial charge on any atom is -0.495 e. The summed E-state index contributed by atoms with van der Waals surface area (Å²) in [6.07, 6.45) is 0. The SMILES string of the molecule is CCNCC.CCSC1=C(C#N)C(c2ccccc2Cl)C(C(=O)Nc2ccccc2OC)=C(C)N1. The molecule has 6 nitrogen and oxygen atoms in total. The number of thioether (sulfide) groups is 1. The van der Waals surface area contributed by atoms with Gasteiger partial charge in [0.2, 0.25) is 0 Å². The fourth-order valence-corrected chi connectivity index (χ4v) is 4.76. The molecule has 2 aromatic carbocycles. The number of carbonyl (C=O) groups is 1. The Labute approximate surface area is 217 Å². The average molecular weight is 513 g/mol. The summed E-state index contributed by atoms with van der Waals surface area (Å²) < 4.78 is 5.35. The number of anilines is 1. The lowest BCUT2D eigenvalue weighted by atomic mass is 9.82. The molecule has 1 amide bonds. The van der Waals surface area contributed by atoms with E-state index in [9.17, 15) is 10.1 Å². The molecule has 0 spiro atoms. The van der Waals surface area contributed by atoms with E-state index in [1.54, 1.807) is 25.3 Å². The smallest absolute Gasteiger partial charge is 0.254 e. The maximum atomic E-state index is 13.4. The molecule has 0 radical (unpaired) electrons. The van der Waals surface area contributed by atoms with Crippen molar-refractivity contribution in [3.05, 3.63) is 81.0 Å². The lowest BCUT2D eigenvalue weighted by Crippen LogP contribution is -2.31. The fraction of sp³-hybridized carbons (Fsp3) is 0.333. The van der Waals surface area contributed by atoms with Crippen LogP contribution in [0, 0.1) is 11.3 Å². The van der Waals surface area contributed by atoms with E-state index in [1.807, 2.05) is 44.2 Å². The number of benzene rings is 2. The summed E-state index contributed by atoms with van der Waals surface area (Å²) in [4.78, 5) is 13.4. The first-order valence-electron chi connectivity index (χ1n) is 11.6. The van der Waals surface area contributed by atoms with Gasteiger partial charge in [0, 0.05) is 16.3 Å². The zero-order valence-corrected chi connectivity index (χ0v) is 22.4. The molecular weight excluding hydrogens is 480 g/mol. The summed E-state index contributed by atoms with van der Waals surface area (Å²) in [5, 5.41) is 20.5. The van der Waals surface area contributed by atoms with Gasteiger partial charge in [-0.3, -0.25) is 4.79 Å². The molecular formula is C27H33ClN4O2S. The molecule has 0 aliphatic carbocycles. The van der Waals surface area contributed by atoms with E-state index in [2.05, 4.69) is 35.9 Å². The minimum atomic E-state index is -0.575. The van der Waals surface area contributed by atoms with Gasteiger partial charge in [0.25, 0.3) is 5.91 Å². The molecule has 1 aliphatic heterocycles. The van der Waals surface area contributed by atoms with E-state index >= 15 is 0 Å². The van der Waals surface area contributed by atoms with Gasteiger partial charge in [-0.15, -0.1) is 11.8 Å². The Bertz CT molecular complexity index is 1120. The molecule has 8 heteroatoms. The van der Waals surface area contributed by atoms with Crippen LogP contribution in [0.4, 0.5) is 5.69 Å². The second-order valence-electron chi connectivity index (χ2n) is 7.52. The third-order valence-corrected chi connectivity index (χ3v) is 6.50. The third kappa shape index (κ3) is 7.28. The van der Waals surface area contributed by atoms with Crippen molar-refractivity contribution in [3.8, 4) is 11.8 Å². The number of halogens is 1. The monoisotopic (exact) mass is 512 g/mol. The molecule has 1 atom stereocenters. The highest BCUT2D eigenvalue weighted by Gasteiger charge is 2.35. The molecule has 3 N–H and O–H groups in total. The number of hydrogen-bond acceptors (Lipinski definition) is 6. The van der Waals surface area contributed by atoms with Crippen molar-refractivity contribution in [2.45, 2.75) is 33.6 Å². The summed E-state index contributed by atoms with van der Waals surface area (Å²) >= 11 is 8.03. The molecule has 1 aliphatic rings. The second-order valence-corrected chi connectivity index (χ2v) is 9.20. The molecule has 0 aromatic heterocycles. The Morgan fingerprint density at radius 3 is 2.37 bits per heavy atom. The summed E-state index contributed by atoms with van der Waals surface area (Å²) in [7, 11) is 1.55. The number of carbonyl (C=O) groups excluding carboxylic acids is 1. The number of allylic oxidation sites excluding steroid dienone is 2. The first-order chi connectivity index (χ1) is 16.9. The summed E-state index contributed by atoms with van der Waals surface area (Å²) in [6.45, 7) is 10.2. The standard InChI is InChI=1S/C23H22ClN3O2S.C4H11N/c1-4-30-23-16(13-25)21(15-9-5-6-10-17(15)24)20(14(2)26-23)22(28)27-18-11-7-8-12-19(18)29-3;1-3-5-4-2/h5-12,21,26H,4H2,1-3H3,(H,27,28);5H,3-4H2,1-2H3. The van der Waals surface area contributed by atoms with Crippen LogP contribution in [0.15, 0.2) is 70.4 Å². The number of hydrogen-bond donors (Lipinski definition) is 3. The number of dihydropyridines is 1. The van der Waals surface area contributed by atoms with Gasteiger partial charge in [0.05, 0.1) is 35.4 Å². The van der Waals surface area contributed by atoms with Crippen molar-refractivity contribution in [2.24, 2.45) is 0 Å². The van der Waals surface area contributed by atoms with Gasteiger partial charge < -0.3 is 20.7 Å². The maximum absolute atomic E-state index is 13.4. The van der Waals surface area contributed by atoms with Crippen molar-refractivity contribution in [2.75, 3.05) is 31.3 Å². The van der Waals surface area contributed by atoms with Crippen LogP contribution >= 0.6 is 23.4 Å². The molecule has 35 heavy (non-hydrogen) atoms. The van der Waals surface area contributed by atoms with Gasteiger partial charge in [-0.05, 0) is 49.5 Å². The predicted octanol–water partition coefficient (Wildman–Crippen LogP) is 6.05. The molecule has 186 valence electrons. The average Bonchev–Trinajstić information content (AvgIpc) is 2.85. The van der Waals surface area contributed by atoms with E-state index < -0.39 is 5.92 Å². The highest BCUT2D eigenvalue weighted by Crippen LogP contribution is 2.43. The molecule has 1 heterocycles. The number of nitrogens with one attached hydrogen (secondary N) is 3. The van der Waals surface area contributed by atoms with Gasteiger partial charge in [0.15, 0.2) is 0 Å². The summed E-state index contributed by atoms with van der Waals surface area (Å²) in [5.74, 6) is 0.454.